The van der Waals surface area contributed by atoms with E-state index < -0.39 is 0 Å². The Morgan fingerprint density at radius 3 is 2.64 bits per heavy atom. The largest absolute Gasteiger partial charge is 0.506 e. The van der Waals surface area contributed by atoms with Crippen LogP contribution >= 0.6 is 0 Å². The molecule has 0 amide bonds. The molecule has 0 atom stereocenters. The minimum atomic E-state index is -0.390. The van der Waals surface area contributed by atoms with Gasteiger partial charge in [-0.1, -0.05) is 30.3 Å². The van der Waals surface area contributed by atoms with Crippen LogP contribution in [0.4, 0.5) is 11.4 Å². The summed E-state index contributed by atoms with van der Waals surface area (Å²) in [6, 6.07) is 14.0. The molecule has 1 heterocycles. The fraction of sp³-hybridized carbons (Fsp3) is 0.105. The second-order valence-electron chi connectivity index (χ2n) is 5.82. The quantitative estimate of drug-likeness (QED) is 0.574. The number of rotatable bonds is 4. The van der Waals surface area contributed by atoms with Crippen LogP contribution < -0.4 is 4.90 Å². The standard InChI is InChI=1S/C19H17N3O3/c1-21(2)16-11-7-13(12-17(16)22(24)25)6-9-15-10-8-14-4-3-5-18(23)19(14)20-15/h3-12,23H,1-2H3/b9-6+. The number of para-hydroxylation sites is 1. The highest BCUT2D eigenvalue weighted by atomic mass is 16.6. The van der Waals surface area contributed by atoms with Gasteiger partial charge in [0.05, 0.1) is 10.6 Å². The molecule has 0 aliphatic carbocycles. The molecule has 25 heavy (non-hydrogen) atoms. The van der Waals surface area contributed by atoms with Crippen LogP contribution in [0.25, 0.3) is 23.1 Å². The first kappa shape index (κ1) is 16.4. The Balaban J connectivity index is 1.95. The molecule has 0 bridgehead atoms. The fourth-order valence-electron chi connectivity index (χ4n) is 2.59. The summed E-state index contributed by atoms with van der Waals surface area (Å²) in [5.74, 6) is 0.124. The second kappa shape index (κ2) is 6.60. The average molecular weight is 335 g/mol. The third-order valence-corrected chi connectivity index (χ3v) is 3.85. The van der Waals surface area contributed by atoms with Gasteiger partial charge in [0.2, 0.25) is 0 Å². The Kier molecular flexibility index (Phi) is 4.35. The van der Waals surface area contributed by atoms with Gasteiger partial charge in [-0.05, 0) is 29.8 Å². The van der Waals surface area contributed by atoms with E-state index in [4.69, 9.17) is 0 Å². The third-order valence-electron chi connectivity index (χ3n) is 3.85. The molecule has 0 spiro atoms. The number of benzene rings is 2. The first-order valence-electron chi connectivity index (χ1n) is 7.68. The van der Waals surface area contributed by atoms with Crippen LogP contribution in [0, 0.1) is 10.1 Å². The van der Waals surface area contributed by atoms with Gasteiger partial charge in [0.1, 0.15) is 17.0 Å². The summed E-state index contributed by atoms with van der Waals surface area (Å²) >= 11 is 0. The zero-order valence-corrected chi connectivity index (χ0v) is 13.9. The monoisotopic (exact) mass is 335 g/mol. The lowest BCUT2D eigenvalue weighted by Crippen LogP contribution is -2.10. The molecule has 0 unspecified atom stereocenters. The zero-order chi connectivity index (χ0) is 18.0. The maximum atomic E-state index is 11.3. The fourth-order valence-corrected chi connectivity index (χ4v) is 2.59. The number of pyridine rings is 1. The van der Waals surface area contributed by atoms with Crippen molar-refractivity contribution in [1.29, 1.82) is 0 Å². The van der Waals surface area contributed by atoms with Gasteiger partial charge in [-0.25, -0.2) is 4.98 Å². The van der Waals surface area contributed by atoms with Crippen molar-refractivity contribution < 1.29 is 10.0 Å². The number of hydrogen-bond acceptors (Lipinski definition) is 5. The maximum Gasteiger partial charge on any atom is 0.293 e. The molecule has 0 saturated carbocycles. The zero-order valence-electron chi connectivity index (χ0n) is 13.9. The van der Waals surface area contributed by atoms with E-state index in [1.165, 1.54) is 6.07 Å². The number of phenolic OH excluding ortho intramolecular Hbond substituents is 1. The number of anilines is 1. The first-order valence-corrected chi connectivity index (χ1v) is 7.68. The molecule has 2 aromatic carbocycles. The number of fused-ring (bicyclic) bond motifs is 1. The number of aromatic nitrogens is 1. The van der Waals surface area contributed by atoms with Gasteiger partial charge in [-0.2, -0.15) is 0 Å². The smallest absolute Gasteiger partial charge is 0.293 e. The molecule has 3 aromatic rings. The van der Waals surface area contributed by atoms with Crippen LogP contribution in [-0.2, 0) is 0 Å². The Bertz CT molecular complexity index is 981. The summed E-state index contributed by atoms with van der Waals surface area (Å²) < 4.78 is 0. The number of hydrogen-bond donors (Lipinski definition) is 1. The molecular weight excluding hydrogens is 318 g/mol. The van der Waals surface area contributed by atoms with Crippen molar-refractivity contribution in [1.82, 2.24) is 4.98 Å². The van der Waals surface area contributed by atoms with E-state index in [1.807, 2.05) is 24.3 Å². The van der Waals surface area contributed by atoms with E-state index >= 15 is 0 Å². The summed E-state index contributed by atoms with van der Waals surface area (Å²) in [6.07, 6.45) is 3.53. The summed E-state index contributed by atoms with van der Waals surface area (Å²) in [5, 5.41) is 22.0. The van der Waals surface area contributed by atoms with E-state index in [0.29, 0.717) is 22.5 Å². The highest BCUT2D eigenvalue weighted by Gasteiger charge is 2.15. The van der Waals surface area contributed by atoms with E-state index in [9.17, 15) is 15.2 Å². The van der Waals surface area contributed by atoms with Crippen LogP contribution in [-0.4, -0.2) is 29.1 Å². The van der Waals surface area contributed by atoms with Crippen molar-refractivity contribution in [3.05, 3.63) is 69.9 Å². The van der Waals surface area contributed by atoms with Crippen molar-refractivity contribution in [3.8, 4) is 5.75 Å². The molecule has 1 N–H and O–H groups in total. The van der Waals surface area contributed by atoms with Gasteiger partial charge in [-0.15, -0.1) is 0 Å². The van der Waals surface area contributed by atoms with Crippen molar-refractivity contribution in [2.24, 2.45) is 0 Å². The van der Waals surface area contributed by atoms with Crippen LogP contribution in [0.2, 0.25) is 0 Å². The summed E-state index contributed by atoms with van der Waals surface area (Å²) in [7, 11) is 3.53. The highest BCUT2D eigenvalue weighted by molar-refractivity contribution is 5.85. The lowest BCUT2D eigenvalue weighted by Gasteiger charge is -2.12. The molecule has 1 aromatic heterocycles. The third kappa shape index (κ3) is 3.42. The van der Waals surface area contributed by atoms with Crippen LogP contribution in [0.5, 0.6) is 5.75 Å². The Morgan fingerprint density at radius 1 is 1.12 bits per heavy atom. The first-order chi connectivity index (χ1) is 12.0. The van der Waals surface area contributed by atoms with Crippen molar-refractivity contribution >= 4 is 34.4 Å². The topological polar surface area (TPSA) is 79.5 Å². The minimum Gasteiger partial charge on any atom is -0.506 e. The Hall–Kier alpha value is -3.41. The van der Waals surface area contributed by atoms with Crippen LogP contribution in [0.15, 0.2) is 48.5 Å². The Morgan fingerprint density at radius 2 is 1.92 bits per heavy atom. The average Bonchev–Trinajstić information content (AvgIpc) is 2.60. The van der Waals surface area contributed by atoms with Crippen LogP contribution in [0.3, 0.4) is 0 Å². The van der Waals surface area contributed by atoms with E-state index in [1.54, 1.807) is 49.3 Å². The molecule has 3 rings (SSSR count). The van der Waals surface area contributed by atoms with Crippen molar-refractivity contribution in [2.75, 3.05) is 19.0 Å². The SMILES string of the molecule is CN(C)c1ccc(/C=C/c2ccc3cccc(O)c3n2)cc1[N+](=O)[O-]. The number of nitro benzene ring substituents is 1. The molecule has 0 fully saturated rings. The molecular formula is C19H17N3O3. The number of nitro groups is 1. The number of phenols is 1. The van der Waals surface area contributed by atoms with Gasteiger partial charge in [-0.3, -0.25) is 10.1 Å². The van der Waals surface area contributed by atoms with Crippen LogP contribution in [0.1, 0.15) is 11.3 Å². The molecule has 126 valence electrons. The van der Waals surface area contributed by atoms with Crippen molar-refractivity contribution in [2.45, 2.75) is 0 Å². The molecule has 6 heteroatoms. The molecule has 0 aliphatic rings. The maximum absolute atomic E-state index is 11.3. The van der Waals surface area contributed by atoms with E-state index in [2.05, 4.69) is 4.98 Å². The predicted molar refractivity (Wildman–Crippen MR) is 99.8 cm³/mol. The van der Waals surface area contributed by atoms with Gasteiger partial charge in [0.15, 0.2) is 0 Å². The molecule has 6 nitrogen and oxygen atoms in total. The summed E-state index contributed by atoms with van der Waals surface area (Å²) in [5.41, 5.74) is 2.50. The second-order valence-corrected chi connectivity index (χ2v) is 5.82. The van der Waals surface area contributed by atoms with E-state index in [-0.39, 0.29) is 16.4 Å². The lowest BCUT2D eigenvalue weighted by molar-refractivity contribution is -0.384. The Labute approximate surface area is 144 Å². The highest BCUT2D eigenvalue weighted by Crippen LogP contribution is 2.28. The van der Waals surface area contributed by atoms with E-state index in [0.717, 1.165) is 5.39 Å². The minimum absolute atomic E-state index is 0.0521. The van der Waals surface area contributed by atoms with Gasteiger partial charge in [0, 0.05) is 25.5 Å². The molecule has 0 saturated heterocycles. The van der Waals surface area contributed by atoms with Gasteiger partial charge >= 0.3 is 0 Å². The summed E-state index contributed by atoms with van der Waals surface area (Å²) in [4.78, 5) is 17.0. The molecule has 0 aliphatic heterocycles. The lowest BCUT2D eigenvalue weighted by atomic mass is 10.1. The normalized spacial score (nSPS) is 11.1. The number of nitrogens with zero attached hydrogens (tertiary/aromatic N) is 3. The summed E-state index contributed by atoms with van der Waals surface area (Å²) in [6.45, 7) is 0. The predicted octanol–water partition coefficient (Wildman–Crippen LogP) is 4.09. The molecule has 0 radical (unpaired) electrons. The number of aromatic hydroxyl groups is 1. The van der Waals surface area contributed by atoms with Crippen molar-refractivity contribution in [3.63, 3.8) is 0 Å². The van der Waals surface area contributed by atoms with Gasteiger partial charge in [0.25, 0.3) is 5.69 Å². The van der Waals surface area contributed by atoms with Gasteiger partial charge < -0.3 is 10.0 Å².